The molecule has 1 fully saturated rings. The monoisotopic (exact) mass is 408 g/mol. The summed E-state index contributed by atoms with van der Waals surface area (Å²) in [6.07, 6.45) is 2.47. The molecule has 2 heterocycles. The van der Waals surface area contributed by atoms with E-state index in [1.54, 1.807) is 12.1 Å². The highest BCUT2D eigenvalue weighted by Crippen LogP contribution is 2.35. The van der Waals surface area contributed by atoms with Crippen molar-refractivity contribution in [2.45, 2.75) is 51.9 Å². The summed E-state index contributed by atoms with van der Waals surface area (Å²) in [7, 11) is 0. The van der Waals surface area contributed by atoms with E-state index in [1.165, 1.54) is 6.07 Å². The summed E-state index contributed by atoms with van der Waals surface area (Å²) in [6, 6.07) is 14.9. The molecule has 0 radical (unpaired) electrons. The smallest absolute Gasteiger partial charge is 0.223 e. The van der Waals surface area contributed by atoms with E-state index in [0.29, 0.717) is 19.5 Å². The molecule has 0 bridgehead atoms. The number of hydrogen-bond donors (Lipinski definition) is 0. The lowest BCUT2D eigenvalue weighted by Gasteiger charge is -2.36. The molecule has 4 nitrogen and oxygen atoms in total. The van der Waals surface area contributed by atoms with Gasteiger partial charge in [0.1, 0.15) is 5.82 Å². The number of amides is 1. The highest BCUT2D eigenvalue weighted by molar-refractivity contribution is 5.86. The zero-order valence-electron chi connectivity index (χ0n) is 17.8. The van der Waals surface area contributed by atoms with Crippen LogP contribution in [0.4, 0.5) is 4.39 Å². The van der Waals surface area contributed by atoms with Crippen molar-refractivity contribution < 1.29 is 13.9 Å². The first-order valence-corrected chi connectivity index (χ1v) is 10.7. The Kier molecular flexibility index (Phi) is 5.91. The molecule has 2 aromatic carbocycles. The Bertz CT molecular complexity index is 1030. The lowest BCUT2D eigenvalue weighted by atomic mass is 9.87. The number of carbonyl (C=O) groups excluding carboxylic acids is 1. The summed E-state index contributed by atoms with van der Waals surface area (Å²) in [6.45, 7) is 8.12. The van der Waals surface area contributed by atoms with E-state index in [4.69, 9.17) is 4.74 Å². The van der Waals surface area contributed by atoms with Crippen molar-refractivity contribution in [3.63, 3.8) is 0 Å². The minimum Gasteiger partial charge on any atom is -0.372 e. The van der Waals surface area contributed by atoms with Gasteiger partial charge >= 0.3 is 0 Å². The second-order valence-electron chi connectivity index (χ2n) is 8.26. The molecule has 1 aliphatic heterocycles. The SMILES string of the molecule is CCn1cc([C@@H](CC(=O)N2C[C@@H](C)O[C@@H](C)C2)c2cccc(F)c2)c2ccccc21. The maximum Gasteiger partial charge on any atom is 0.223 e. The quantitative estimate of drug-likeness (QED) is 0.598. The molecule has 1 aromatic heterocycles. The Hall–Kier alpha value is -2.66. The fraction of sp³-hybridized carbons (Fsp3) is 0.400. The molecule has 0 aliphatic carbocycles. The van der Waals surface area contributed by atoms with Crippen molar-refractivity contribution in [2.75, 3.05) is 13.1 Å². The Morgan fingerprint density at radius 2 is 1.87 bits per heavy atom. The Morgan fingerprint density at radius 1 is 1.13 bits per heavy atom. The molecule has 0 saturated carbocycles. The minimum absolute atomic E-state index is 0.0207. The summed E-state index contributed by atoms with van der Waals surface area (Å²) in [5.41, 5.74) is 3.04. The van der Waals surface area contributed by atoms with Gasteiger partial charge in [0.05, 0.1) is 12.2 Å². The van der Waals surface area contributed by atoms with E-state index in [9.17, 15) is 9.18 Å². The van der Waals surface area contributed by atoms with Crippen LogP contribution in [0.25, 0.3) is 10.9 Å². The standard InChI is InChI=1S/C25H29FN2O2/c1-4-27-16-23(21-10-5-6-11-24(21)27)22(19-8-7-9-20(26)12-19)13-25(29)28-14-17(2)30-18(3)15-28/h5-12,16-18,22H,4,13-15H2,1-3H3/t17-,18+,22-/m0/s1. The number of aryl methyl sites for hydroxylation is 1. The van der Waals surface area contributed by atoms with Gasteiger partial charge in [-0.25, -0.2) is 4.39 Å². The molecule has 1 saturated heterocycles. The third-order valence-electron chi connectivity index (χ3n) is 5.94. The maximum absolute atomic E-state index is 14.1. The molecular weight excluding hydrogens is 379 g/mol. The molecule has 1 amide bonds. The highest BCUT2D eigenvalue weighted by atomic mass is 19.1. The van der Waals surface area contributed by atoms with Crippen LogP contribution in [0.2, 0.25) is 0 Å². The minimum atomic E-state index is -0.280. The van der Waals surface area contributed by atoms with Crippen molar-refractivity contribution in [2.24, 2.45) is 0 Å². The molecule has 1 aliphatic rings. The predicted molar refractivity (Wildman–Crippen MR) is 117 cm³/mol. The van der Waals surface area contributed by atoms with Gasteiger partial charge in [-0.05, 0) is 50.1 Å². The highest BCUT2D eigenvalue weighted by Gasteiger charge is 2.29. The van der Waals surface area contributed by atoms with E-state index < -0.39 is 0 Å². The maximum atomic E-state index is 14.1. The summed E-state index contributed by atoms with van der Waals surface area (Å²) >= 11 is 0. The van der Waals surface area contributed by atoms with E-state index in [0.717, 1.165) is 28.6 Å². The molecule has 3 aromatic rings. The summed E-state index contributed by atoms with van der Waals surface area (Å²) in [5, 5.41) is 1.12. The number of halogens is 1. The van der Waals surface area contributed by atoms with Crippen LogP contribution in [0.15, 0.2) is 54.7 Å². The fourth-order valence-corrected chi connectivity index (χ4v) is 4.63. The van der Waals surface area contributed by atoms with Crippen LogP contribution in [0, 0.1) is 5.82 Å². The zero-order valence-corrected chi connectivity index (χ0v) is 17.8. The molecular formula is C25H29FN2O2. The number of nitrogens with zero attached hydrogens (tertiary/aromatic N) is 2. The summed E-state index contributed by atoms with van der Waals surface area (Å²) in [4.78, 5) is 15.2. The number of benzene rings is 2. The van der Waals surface area contributed by atoms with Crippen LogP contribution < -0.4 is 0 Å². The van der Waals surface area contributed by atoms with E-state index in [1.807, 2.05) is 36.9 Å². The van der Waals surface area contributed by atoms with Crippen LogP contribution in [-0.2, 0) is 16.1 Å². The average molecular weight is 409 g/mol. The zero-order chi connectivity index (χ0) is 21.3. The van der Waals surface area contributed by atoms with E-state index in [2.05, 4.69) is 29.8 Å². The first-order chi connectivity index (χ1) is 14.5. The van der Waals surface area contributed by atoms with Gasteiger partial charge in [0.15, 0.2) is 0 Å². The Morgan fingerprint density at radius 3 is 2.57 bits per heavy atom. The van der Waals surface area contributed by atoms with Gasteiger partial charge in [-0.2, -0.15) is 0 Å². The molecule has 30 heavy (non-hydrogen) atoms. The lowest BCUT2D eigenvalue weighted by Crippen LogP contribution is -2.48. The largest absolute Gasteiger partial charge is 0.372 e. The van der Waals surface area contributed by atoms with Crippen molar-refractivity contribution in [3.8, 4) is 0 Å². The second-order valence-corrected chi connectivity index (χ2v) is 8.26. The van der Waals surface area contributed by atoms with Crippen LogP contribution >= 0.6 is 0 Å². The number of ether oxygens (including phenoxy) is 1. The third kappa shape index (κ3) is 4.12. The van der Waals surface area contributed by atoms with Crippen molar-refractivity contribution in [1.82, 2.24) is 9.47 Å². The average Bonchev–Trinajstić information content (AvgIpc) is 3.10. The van der Waals surface area contributed by atoms with Crippen LogP contribution in [0.3, 0.4) is 0 Å². The lowest BCUT2D eigenvalue weighted by molar-refractivity contribution is -0.143. The topological polar surface area (TPSA) is 34.5 Å². The molecule has 0 unspecified atom stereocenters. The van der Waals surface area contributed by atoms with Crippen LogP contribution in [-0.4, -0.2) is 40.7 Å². The van der Waals surface area contributed by atoms with Crippen molar-refractivity contribution in [1.29, 1.82) is 0 Å². The van der Waals surface area contributed by atoms with Crippen LogP contribution in [0.1, 0.15) is 44.2 Å². The molecule has 0 spiro atoms. The van der Waals surface area contributed by atoms with Gasteiger partial charge in [0, 0.05) is 49.1 Å². The summed E-state index contributed by atoms with van der Waals surface area (Å²) < 4.78 is 22.1. The number of para-hydroxylation sites is 1. The third-order valence-corrected chi connectivity index (χ3v) is 5.94. The molecule has 4 rings (SSSR count). The molecule has 158 valence electrons. The predicted octanol–water partition coefficient (Wildman–Crippen LogP) is 4.96. The van der Waals surface area contributed by atoms with Gasteiger partial charge in [-0.1, -0.05) is 30.3 Å². The summed E-state index contributed by atoms with van der Waals surface area (Å²) in [5.74, 6) is -0.406. The molecule has 3 atom stereocenters. The number of rotatable bonds is 5. The van der Waals surface area contributed by atoms with Gasteiger partial charge in [0.2, 0.25) is 5.91 Å². The van der Waals surface area contributed by atoms with Gasteiger partial charge in [-0.3, -0.25) is 4.79 Å². The van der Waals surface area contributed by atoms with E-state index in [-0.39, 0.29) is 29.9 Å². The normalized spacial score (nSPS) is 20.5. The first kappa shape index (κ1) is 20.6. The molecule has 5 heteroatoms. The molecule has 0 N–H and O–H groups in total. The number of aromatic nitrogens is 1. The van der Waals surface area contributed by atoms with Gasteiger partial charge < -0.3 is 14.2 Å². The number of hydrogen-bond acceptors (Lipinski definition) is 2. The van der Waals surface area contributed by atoms with Crippen molar-refractivity contribution in [3.05, 3.63) is 71.7 Å². The van der Waals surface area contributed by atoms with E-state index >= 15 is 0 Å². The number of morpholine rings is 1. The first-order valence-electron chi connectivity index (χ1n) is 10.7. The fourth-order valence-electron chi connectivity index (χ4n) is 4.63. The Balaban J connectivity index is 1.74. The number of carbonyl (C=O) groups is 1. The second kappa shape index (κ2) is 8.60. The van der Waals surface area contributed by atoms with Gasteiger partial charge in [0.25, 0.3) is 0 Å². The van der Waals surface area contributed by atoms with Crippen molar-refractivity contribution >= 4 is 16.8 Å². The number of fused-ring (bicyclic) bond motifs is 1. The van der Waals surface area contributed by atoms with Gasteiger partial charge in [-0.15, -0.1) is 0 Å². The van der Waals surface area contributed by atoms with Crippen LogP contribution in [0.5, 0.6) is 0 Å². The Labute approximate surface area is 177 Å².